The molecule has 2 aromatic rings. The highest BCUT2D eigenvalue weighted by Gasteiger charge is 2.37. The van der Waals surface area contributed by atoms with Gasteiger partial charge in [-0.3, -0.25) is 9.59 Å². The third-order valence-corrected chi connectivity index (χ3v) is 6.12. The minimum atomic E-state index is -0.180. The van der Waals surface area contributed by atoms with Gasteiger partial charge in [-0.2, -0.15) is 0 Å². The number of nitrogens with one attached hydrogen (secondary N) is 1. The Bertz CT molecular complexity index is 877. The van der Waals surface area contributed by atoms with Crippen molar-refractivity contribution in [3.05, 3.63) is 69.6 Å². The Kier molecular flexibility index (Phi) is 5.62. The van der Waals surface area contributed by atoms with Gasteiger partial charge in [-0.15, -0.1) is 0 Å². The molecule has 1 N–H and O–H groups in total. The summed E-state index contributed by atoms with van der Waals surface area (Å²) in [4.78, 5) is 32.9. The first-order chi connectivity index (χ1) is 13.6. The smallest absolute Gasteiger partial charge is 0.259 e. The molecule has 28 heavy (non-hydrogen) atoms. The minimum absolute atomic E-state index is 0.109. The number of carbonyl (C=O) groups is 1. The number of piperidine rings is 1. The highest BCUT2D eigenvalue weighted by atomic mass is 16.2. The van der Waals surface area contributed by atoms with E-state index in [9.17, 15) is 9.59 Å². The number of hydrogen-bond donors (Lipinski definition) is 1. The van der Waals surface area contributed by atoms with Crippen LogP contribution in [0, 0.1) is 12.8 Å². The molecule has 0 unspecified atom stereocenters. The summed E-state index contributed by atoms with van der Waals surface area (Å²) in [6.45, 7) is 5.64. The zero-order chi connectivity index (χ0) is 19.5. The Labute approximate surface area is 166 Å². The number of aryl methyl sites for hydroxylation is 2. The normalized spacial score (nSPS) is 22.2. The van der Waals surface area contributed by atoms with Crippen LogP contribution in [0.25, 0.3) is 0 Å². The number of nitrogens with zero attached hydrogens (tertiary/aromatic N) is 2. The summed E-state index contributed by atoms with van der Waals surface area (Å²) in [6, 6.07) is 12.3. The van der Waals surface area contributed by atoms with Crippen LogP contribution in [0.5, 0.6) is 0 Å². The first-order valence-corrected chi connectivity index (χ1v) is 10.4. The molecule has 1 amide bonds. The van der Waals surface area contributed by atoms with Crippen LogP contribution in [0.2, 0.25) is 0 Å². The van der Waals surface area contributed by atoms with Gasteiger partial charge in [0.15, 0.2) is 5.43 Å². The Hall–Kier alpha value is -2.40. The summed E-state index contributed by atoms with van der Waals surface area (Å²) in [6.07, 6.45) is 6.02. The van der Waals surface area contributed by atoms with Gasteiger partial charge in [-0.1, -0.05) is 30.3 Å². The van der Waals surface area contributed by atoms with Crippen LogP contribution >= 0.6 is 0 Å². The van der Waals surface area contributed by atoms with E-state index in [-0.39, 0.29) is 22.9 Å². The molecule has 1 aromatic heterocycles. The van der Waals surface area contributed by atoms with Crippen molar-refractivity contribution in [2.45, 2.75) is 38.6 Å². The maximum atomic E-state index is 13.1. The predicted molar refractivity (Wildman–Crippen MR) is 111 cm³/mol. The highest BCUT2D eigenvalue weighted by Crippen LogP contribution is 2.29. The van der Waals surface area contributed by atoms with Crippen LogP contribution in [-0.2, 0) is 6.42 Å². The van der Waals surface area contributed by atoms with Crippen LogP contribution in [0.4, 0.5) is 0 Å². The van der Waals surface area contributed by atoms with Crippen LogP contribution in [-0.4, -0.2) is 52.9 Å². The summed E-state index contributed by atoms with van der Waals surface area (Å²) in [7, 11) is 0. The molecule has 3 aliphatic heterocycles. The van der Waals surface area contributed by atoms with Crippen LogP contribution in [0.15, 0.2) is 47.4 Å². The van der Waals surface area contributed by atoms with E-state index in [0.717, 1.165) is 51.1 Å². The fourth-order valence-electron chi connectivity index (χ4n) is 4.66. The molecule has 3 fully saturated rings. The Morgan fingerprint density at radius 2 is 1.96 bits per heavy atom. The molecule has 3 saturated heterocycles. The Morgan fingerprint density at radius 1 is 1.14 bits per heavy atom. The number of aromatic amines is 1. The lowest BCUT2D eigenvalue weighted by molar-refractivity contribution is 0.0583. The topological polar surface area (TPSA) is 56.4 Å². The third kappa shape index (κ3) is 4.20. The quantitative estimate of drug-likeness (QED) is 0.869. The molecule has 5 heteroatoms. The Morgan fingerprint density at radius 3 is 2.75 bits per heavy atom. The number of fused-ring (bicyclic) bond motifs is 4. The van der Waals surface area contributed by atoms with Crippen molar-refractivity contribution in [3.63, 3.8) is 0 Å². The third-order valence-electron chi connectivity index (χ3n) is 6.12. The summed E-state index contributed by atoms with van der Waals surface area (Å²) >= 11 is 0. The van der Waals surface area contributed by atoms with Crippen molar-refractivity contribution >= 4 is 5.91 Å². The van der Waals surface area contributed by atoms with E-state index in [4.69, 9.17) is 0 Å². The van der Waals surface area contributed by atoms with Gasteiger partial charge in [0.05, 0.1) is 0 Å². The lowest BCUT2D eigenvalue weighted by atomic mass is 9.94. The van der Waals surface area contributed by atoms with E-state index in [1.54, 1.807) is 6.20 Å². The molecule has 0 radical (unpaired) electrons. The van der Waals surface area contributed by atoms with E-state index in [1.807, 2.05) is 11.8 Å². The van der Waals surface area contributed by atoms with E-state index in [1.165, 1.54) is 18.1 Å². The first kappa shape index (κ1) is 18.9. The van der Waals surface area contributed by atoms with E-state index < -0.39 is 0 Å². The van der Waals surface area contributed by atoms with E-state index in [2.05, 4.69) is 40.2 Å². The van der Waals surface area contributed by atoms with Gasteiger partial charge < -0.3 is 14.8 Å². The summed E-state index contributed by atoms with van der Waals surface area (Å²) < 4.78 is 0. The largest absolute Gasteiger partial charge is 0.364 e. The van der Waals surface area contributed by atoms with Crippen LogP contribution in [0.1, 0.15) is 40.9 Å². The van der Waals surface area contributed by atoms with Gasteiger partial charge >= 0.3 is 0 Å². The monoisotopic (exact) mass is 379 g/mol. The molecule has 1 aromatic carbocycles. The van der Waals surface area contributed by atoms with E-state index in [0.29, 0.717) is 5.92 Å². The van der Waals surface area contributed by atoms with Crippen molar-refractivity contribution in [2.75, 3.05) is 26.2 Å². The second kappa shape index (κ2) is 8.31. The molecule has 2 bridgehead atoms. The van der Waals surface area contributed by atoms with E-state index >= 15 is 0 Å². The summed E-state index contributed by atoms with van der Waals surface area (Å²) in [5.41, 5.74) is 2.26. The molecule has 0 spiro atoms. The van der Waals surface area contributed by atoms with Gasteiger partial charge in [-0.25, -0.2) is 0 Å². The lowest BCUT2D eigenvalue weighted by Gasteiger charge is -2.36. The molecule has 5 rings (SSSR count). The summed E-state index contributed by atoms with van der Waals surface area (Å²) in [5.74, 6) is 0.394. The van der Waals surface area contributed by atoms with Gasteiger partial charge in [0.2, 0.25) is 0 Å². The summed E-state index contributed by atoms with van der Waals surface area (Å²) in [5, 5.41) is 0. The molecule has 148 valence electrons. The molecule has 4 heterocycles. The molecule has 0 saturated carbocycles. The number of amides is 1. The van der Waals surface area contributed by atoms with Crippen molar-refractivity contribution in [1.29, 1.82) is 0 Å². The predicted octanol–water partition coefficient (Wildman–Crippen LogP) is 2.85. The fourth-order valence-corrected chi connectivity index (χ4v) is 4.66. The van der Waals surface area contributed by atoms with Crippen molar-refractivity contribution in [1.82, 2.24) is 14.8 Å². The van der Waals surface area contributed by atoms with Gasteiger partial charge in [0.25, 0.3) is 5.91 Å². The number of H-pyrrole nitrogens is 1. The maximum Gasteiger partial charge on any atom is 0.259 e. The van der Waals surface area contributed by atoms with Gasteiger partial charge in [-0.05, 0) is 50.6 Å². The lowest BCUT2D eigenvalue weighted by Crippen LogP contribution is -2.48. The van der Waals surface area contributed by atoms with Gasteiger partial charge in [0.1, 0.15) is 5.56 Å². The van der Waals surface area contributed by atoms with Crippen LogP contribution in [0.3, 0.4) is 0 Å². The average molecular weight is 380 g/mol. The second-order valence-electron chi connectivity index (χ2n) is 8.30. The molecular weight excluding hydrogens is 350 g/mol. The van der Waals surface area contributed by atoms with Crippen molar-refractivity contribution in [2.24, 2.45) is 5.92 Å². The maximum absolute atomic E-state index is 13.1. The minimum Gasteiger partial charge on any atom is -0.364 e. The second-order valence-corrected chi connectivity index (χ2v) is 8.30. The van der Waals surface area contributed by atoms with Gasteiger partial charge in [0, 0.05) is 43.6 Å². The zero-order valence-corrected chi connectivity index (χ0v) is 16.6. The molecule has 3 aliphatic rings. The van der Waals surface area contributed by atoms with Crippen molar-refractivity contribution < 1.29 is 4.79 Å². The number of hydrogen-bond acceptors (Lipinski definition) is 3. The van der Waals surface area contributed by atoms with Crippen LogP contribution < -0.4 is 5.43 Å². The molecular formula is C23H29N3O2. The fraction of sp³-hybridized carbons (Fsp3) is 0.478. The van der Waals surface area contributed by atoms with Crippen molar-refractivity contribution in [3.8, 4) is 0 Å². The number of pyridine rings is 1. The number of benzene rings is 1. The zero-order valence-electron chi connectivity index (χ0n) is 16.6. The Balaban J connectivity index is 1.40. The standard InChI is InChI=1S/C23H29N3O2/c1-17-12-22(27)21(13-24-17)23(28)26-15-19-9-10-20(26)16-25(14-19)11-5-8-18-6-3-2-4-7-18/h2-4,6-7,12-13,19-20H,5,8-11,14-16H2,1H3,(H,24,27)/t19-,20+/m0/s1. The number of carbonyl (C=O) groups excluding carboxylic acids is 1. The average Bonchev–Trinajstić information content (AvgIpc) is 2.99. The molecule has 2 atom stereocenters. The molecule has 0 aliphatic carbocycles. The SMILES string of the molecule is Cc1cc(=O)c(C(=O)N2C[C@H]3CC[C@@H]2CN(CCCc2ccccc2)C3)c[nH]1. The first-order valence-electron chi connectivity index (χ1n) is 10.4. The number of aromatic nitrogens is 1. The number of rotatable bonds is 5. The highest BCUT2D eigenvalue weighted by molar-refractivity contribution is 5.94. The molecule has 5 nitrogen and oxygen atoms in total.